The molecule has 1 aliphatic heterocycles. The number of ether oxygens (including phenoxy) is 2. The van der Waals surface area contributed by atoms with Crippen LogP contribution in [0.3, 0.4) is 0 Å². The molecule has 1 aromatic heterocycles. The van der Waals surface area contributed by atoms with E-state index in [2.05, 4.69) is 0 Å². The second kappa shape index (κ2) is 7.49. The SMILES string of the molecule is C[C@@H](OC(=O)COc1ccccc1)C(=O)N1CCc2sccc2C1. The molecule has 24 heavy (non-hydrogen) atoms. The maximum Gasteiger partial charge on any atom is 0.344 e. The van der Waals surface area contributed by atoms with E-state index in [0.717, 1.165) is 6.42 Å². The minimum absolute atomic E-state index is 0.167. The lowest BCUT2D eigenvalue weighted by molar-refractivity contribution is -0.161. The van der Waals surface area contributed by atoms with Crippen molar-refractivity contribution < 1.29 is 19.1 Å². The minimum Gasteiger partial charge on any atom is -0.482 e. The molecule has 126 valence electrons. The molecular weight excluding hydrogens is 326 g/mol. The first-order valence-electron chi connectivity index (χ1n) is 7.85. The molecule has 0 radical (unpaired) electrons. The maximum atomic E-state index is 12.5. The Morgan fingerprint density at radius 2 is 2.04 bits per heavy atom. The second-order valence-electron chi connectivity index (χ2n) is 5.61. The van der Waals surface area contributed by atoms with Crippen molar-refractivity contribution in [3.63, 3.8) is 0 Å². The summed E-state index contributed by atoms with van der Waals surface area (Å²) in [7, 11) is 0. The molecule has 0 spiro atoms. The van der Waals surface area contributed by atoms with Gasteiger partial charge in [0.05, 0.1) is 0 Å². The molecule has 0 fully saturated rings. The molecule has 1 aromatic carbocycles. The lowest BCUT2D eigenvalue weighted by Crippen LogP contribution is -2.42. The van der Waals surface area contributed by atoms with Crippen LogP contribution in [0.15, 0.2) is 41.8 Å². The largest absolute Gasteiger partial charge is 0.482 e. The third-order valence-corrected chi connectivity index (χ3v) is 4.90. The number of carbonyl (C=O) groups is 2. The highest BCUT2D eigenvalue weighted by molar-refractivity contribution is 7.10. The monoisotopic (exact) mass is 345 g/mol. The zero-order chi connectivity index (χ0) is 16.9. The number of fused-ring (bicyclic) bond motifs is 1. The molecule has 0 unspecified atom stereocenters. The van der Waals surface area contributed by atoms with Gasteiger partial charge >= 0.3 is 5.97 Å². The summed E-state index contributed by atoms with van der Waals surface area (Å²) in [5.41, 5.74) is 1.19. The maximum absolute atomic E-state index is 12.5. The van der Waals surface area contributed by atoms with Crippen LogP contribution in [-0.2, 0) is 27.3 Å². The quantitative estimate of drug-likeness (QED) is 0.782. The second-order valence-corrected chi connectivity index (χ2v) is 6.61. The molecule has 1 aliphatic rings. The van der Waals surface area contributed by atoms with Crippen molar-refractivity contribution in [2.24, 2.45) is 0 Å². The number of benzene rings is 1. The fourth-order valence-corrected chi connectivity index (χ4v) is 3.52. The van der Waals surface area contributed by atoms with Crippen LogP contribution in [0.1, 0.15) is 17.4 Å². The summed E-state index contributed by atoms with van der Waals surface area (Å²) in [5.74, 6) is -0.123. The van der Waals surface area contributed by atoms with Crippen molar-refractivity contribution in [3.8, 4) is 5.75 Å². The van der Waals surface area contributed by atoms with Gasteiger partial charge in [0.2, 0.25) is 0 Å². The van der Waals surface area contributed by atoms with Gasteiger partial charge in [-0.2, -0.15) is 0 Å². The fourth-order valence-electron chi connectivity index (χ4n) is 2.63. The van der Waals surface area contributed by atoms with Gasteiger partial charge < -0.3 is 14.4 Å². The lowest BCUT2D eigenvalue weighted by atomic mass is 10.1. The molecule has 6 heteroatoms. The summed E-state index contributed by atoms with van der Waals surface area (Å²) in [6, 6.07) is 11.1. The van der Waals surface area contributed by atoms with Gasteiger partial charge in [0.15, 0.2) is 12.7 Å². The highest BCUT2D eigenvalue weighted by Crippen LogP contribution is 2.24. The van der Waals surface area contributed by atoms with E-state index in [1.165, 1.54) is 10.4 Å². The lowest BCUT2D eigenvalue weighted by Gasteiger charge is -2.29. The van der Waals surface area contributed by atoms with Gasteiger partial charge in [-0.05, 0) is 42.5 Å². The van der Waals surface area contributed by atoms with Crippen LogP contribution in [0, 0.1) is 0 Å². The Bertz CT molecular complexity index is 713. The van der Waals surface area contributed by atoms with E-state index in [1.807, 2.05) is 29.6 Å². The molecular formula is C18H19NO4S. The van der Waals surface area contributed by atoms with Crippen molar-refractivity contribution in [3.05, 3.63) is 52.2 Å². The van der Waals surface area contributed by atoms with E-state index >= 15 is 0 Å². The van der Waals surface area contributed by atoms with Crippen LogP contribution in [0.4, 0.5) is 0 Å². The van der Waals surface area contributed by atoms with Crippen LogP contribution in [0.5, 0.6) is 5.75 Å². The fraction of sp³-hybridized carbons (Fsp3) is 0.333. The Balaban J connectivity index is 1.48. The van der Waals surface area contributed by atoms with E-state index in [-0.39, 0.29) is 12.5 Å². The number of para-hydroxylation sites is 1. The molecule has 0 bridgehead atoms. The summed E-state index contributed by atoms with van der Waals surface area (Å²) >= 11 is 1.72. The molecule has 0 N–H and O–H groups in total. The normalized spacial score (nSPS) is 14.6. The third kappa shape index (κ3) is 3.94. The number of hydrogen-bond donors (Lipinski definition) is 0. The highest BCUT2D eigenvalue weighted by atomic mass is 32.1. The summed E-state index contributed by atoms with van der Waals surface area (Å²) in [5, 5.41) is 2.04. The highest BCUT2D eigenvalue weighted by Gasteiger charge is 2.27. The molecule has 0 saturated carbocycles. The standard InChI is InChI=1S/C18H19NO4S/c1-13(23-17(20)12-22-15-5-3-2-4-6-15)18(21)19-9-7-16-14(11-19)8-10-24-16/h2-6,8,10,13H,7,9,11-12H2,1H3/t13-/m1/s1. The van der Waals surface area contributed by atoms with Crippen LogP contribution < -0.4 is 4.74 Å². The van der Waals surface area contributed by atoms with Crippen molar-refractivity contribution in [1.82, 2.24) is 4.90 Å². The topological polar surface area (TPSA) is 55.8 Å². The third-order valence-electron chi connectivity index (χ3n) is 3.88. The van der Waals surface area contributed by atoms with Crippen LogP contribution in [0.25, 0.3) is 0 Å². The predicted molar refractivity (Wildman–Crippen MR) is 90.9 cm³/mol. The van der Waals surface area contributed by atoms with Crippen LogP contribution in [0.2, 0.25) is 0 Å². The molecule has 0 saturated heterocycles. The summed E-state index contributed by atoms with van der Waals surface area (Å²) in [6.07, 6.45) is 0.0494. The summed E-state index contributed by atoms with van der Waals surface area (Å²) < 4.78 is 10.5. The number of nitrogens with zero attached hydrogens (tertiary/aromatic N) is 1. The molecule has 3 rings (SSSR count). The van der Waals surface area contributed by atoms with Crippen LogP contribution >= 0.6 is 11.3 Å². The van der Waals surface area contributed by atoms with Gasteiger partial charge in [-0.25, -0.2) is 4.79 Å². The molecule has 1 amide bonds. The van der Waals surface area contributed by atoms with Crippen molar-refractivity contribution in [1.29, 1.82) is 0 Å². The van der Waals surface area contributed by atoms with Gasteiger partial charge in [-0.15, -0.1) is 11.3 Å². The number of carbonyl (C=O) groups excluding carboxylic acids is 2. The van der Waals surface area contributed by atoms with Gasteiger partial charge in [-0.3, -0.25) is 4.79 Å². The number of rotatable bonds is 5. The molecule has 2 aromatic rings. The van der Waals surface area contributed by atoms with E-state index in [4.69, 9.17) is 9.47 Å². The Kier molecular flexibility index (Phi) is 5.15. The summed E-state index contributed by atoms with van der Waals surface area (Å²) in [6.45, 7) is 2.64. The molecule has 1 atom stereocenters. The van der Waals surface area contributed by atoms with Crippen molar-refractivity contribution in [2.75, 3.05) is 13.2 Å². The van der Waals surface area contributed by atoms with Gasteiger partial charge in [0.1, 0.15) is 5.75 Å². The first-order chi connectivity index (χ1) is 11.6. The smallest absolute Gasteiger partial charge is 0.344 e. The zero-order valence-electron chi connectivity index (χ0n) is 13.4. The first-order valence-corrected chi connectivity index (χ1v) is 8.73. The number of amides is 1. The Morgan fingerprint density at radius 3 is 2.83 bits per heavy atom. The number of thiophene rings is 1. The first kappa shape index (κ1) is 16.5. The van der Waals surface area contributed by atoms with E-state index in [1.54, 1.807) is 35.3 Å². The van der Waals surface area contributed by atoms with Gasteiger partial charge in [0.25, 0.3) is 5.91 Å². The van der Waals surface area contributed by atoms with Gasteiger partial charge in [0, 0.05) is 18.0 Å². The Hall–Kier alpha value is -2.34. The van der Waals surface area contributed by atoms with E-state index in [0.29, 0.717) is 18.8 Å². The molecule has 2 heterocycles. The number of esters is 1. The van der Waals surface area contributed by atoms with Crippen LogP contribution in [-0.4, -0.2) is 36.0 Å². The van der Waals surface area contributed by atoms with E-state index < -0.39 is 12.1 Å². The zero-order valence-corrected chi connectivity index (χ0v) is 14.3. The Labute approximate surface area is 144 Å². The minimum atomic E-state index is -0.808. The number of hydrogen-bond acceptors (Lipinski definition) is 5. The van der Waals surface area contributed by atoms with Gasteiger partial charge in [-0.1, -0.05) is 18.2 Å². The van der Waals surface area contributed by atoms with Crippen molar-refractivity contribution in [2.45, 2.75) is 26.0 Å². The van der Waals surface area contributed by atoms with E-state index in [9.17, 15) is 9.59 Å². The molecule has 5 nitrogen and oxygen atoms in total. The molecule has 0 aliphatic carbocycles. The average Bonchev–Trinajstić information content (AvgIpc) is 3.07. The van der Waals surface area contributed by atoms with Crippen molar-refractivity contribution >= 4 is 23.2 Å². The predicted octanol–water partition coefficient (Wildman–Crippen LogP) is 2.64. The summed E-state index contributed by atoms with van der Waals surface area (Å²) in [4.78, 5) is 27.4. The Morgan fingerprint density at radius 1 is 1.25 bits per heavy atom. The average molecular weight is 345 g/mol.